The molecule has 0 saturated heterocycles. The van der Waals surface area contributed by atoms with Crippen LogP contribution in [-0.2, 0) is 0 Å². The predicted molar refractivity (Wildman–Crippen MR) is 87.5 cm³/mol. The summed E-state index contributed by atoms with van der Waals surface area (Å²) in [5.41, 5.74) is 5.83. The van der Waals surface area contributed by atoms with Gasteiger partial charge in [0.2, 0.25) is 17.8 Å². The number of aromatic nitrogens is 3. The summed E-state index contributed by atoms with van der Waals surface area (Å²) in [6.07, 6.45) is 6.62. The Hall–Kier alpha value is -1.59. The third-order valence-corrected chi connectivity index (χ3v) is 4.40. The lowest BCUT2D eigenvalue weighted by Crippen LogP contribution is -2.30. The van der Waals surface area contributed by atoms with Gasteiger partial charge < -0.3 is 16.0 Å². The predicted octanol–water partition coefficient (Wildman–Crippen LogP) is 2.68. The minimum Gasteiger partial charge on any atom is -0.368 e. The van der Waals surface area contributed by atoms with Crippen LogP contribution < -0.4 is 16.0 Å². The van der Waals surface area contributed by atoms with Crippen LogP contribution >= 0.6 is 0 Å². The summed E-state index contributed by atoms with van der Waals surface area (Å²) in [5.74, 6) is 2.24. The van der Waals surface area contributed by atoms with E-state index in [9.17, 15) is 0 Å². The number of nitrogens with two attached hydrogens (primary N) is 1. The normalized spacial score (nSPS) is 17.5. The number of rotatable bonds is 6. The van der Waals surface area contributed by atoms with E-state index in [1.807, 2.05) is 0 Å². The lowest BCUT2D eigenvalue weighted by atomic mass is 9.85. The van der Waals surface area contributed by atoms with Crippen LogP contribution in [0.1, 0.15) is 52.9 Å². The molecule has 0 amide bonds. The van der Waals surface area contributed by atoms with E-state index in [1.165, 1.54) is 32.1 Å². The minimum absolute atomic E-state index is 0.283. The third kappa shape index (κ3) is 4.19. The first kappa shape index (κ1) is 15.8. The van der Waals surface area contributed by atoms with E-state index < -0.39 is 0 Å². The molecule has 1 unspecified atom stereocenters. The number of nitrogen functional groups attached to an aromatic ring is 1. The zero-order valence-corrected chi connectivity index (χ0v) is 13.5. The lowest BCUT2D eigenvalue weighted by Gasteiger charge is -2.28. The van der Waals surface area contributed by atoms with Crippen LogP contribution in [0.5, 0.6) is 0 Å². The van der Waals surface area contributed by atoms with Crippen molar-refractivity contribution >= 4 is 17.8 Å². The number of hydrogen-bond donors (Lipinski definition) is 2. The fourth-order valence-corrected chi connectivity index (χ4v) is 3.05. The molecule has 1 atom stereocenters. The highest BCUT2D eigenvalue weighted by Crippen LogP contribution is 2.27. The smallest absolute Gasteiger partial charge is 0.231 e. The van der Waals surface area contributed by atoms with E-state index in [4.69, 9.17) is 5.73 Å². The van der Waals surface area contributed by atoms with Crippen molar-refractivity contribution in [1.29, 1.82) is 0 Å². The van der Waals surface area contributed by atoms with Gasteiger partial charge in [-0.25, -0.2) is 0 Å². The Morgan fingerprint density at radius 3 is 2.43 bits per heavy atom. The van der Waals surface area contributed by atoms with Gasteiger partial charge in [0.15, 0.2) is 0 Å². The summed E-state index contributed by atoms with van der Waals surface area (Å²) < 4.78 is 0. The van der Waals surface area contributed by atoms with Crippen molar-refractivity contribution in [2.75, 3.05) is 29.0 Å². The second-order valence-electron chi connectivity index (χ2n) is 5.82. The molecule has 2 rings (SSSR count). The Bertz CT molecular complexity index is 440. The van der Waals surface area contributed by atoms with Crippen molar-refractivity contribution in [3.05, 3.63) is 0 Å². The molecule has 1 fully saturated rings. The van der Waals surface area contributed by atoms with Gasteiger partial charge in [0.25, 0.3) is 0 Å². The monoisotopic (exact) mass is 292 g/mol. The maximum atomic E-state index is 5.83. The third-order valence-electron chi connectivity index (χ3n) is 4.40. The molecule has 118 valence electrons. The molecule has 6 nitrogen and oxygen atoms in total. The number of nitrogens with one attached hydrogen (secondary N) is 1. The molecule has 1 aliphatic carbocycles. The van der Waals surface area contributed by atoms with Crippen LogP contribution in [0.15, 0.2) is 0 Å². The van der Waals surface area contributed by atoms with Crippen LogP contribution in [0.3, 0.4) is 0 Å². The topological polar surface area (TPSA) is 80.0 Å². The summed E-state index contributed by atoms with van der Waals surface area (Å²) in [5, 5.41) is 3.43. The van der Waals surface area contributed by atoms with E-state index in [2.05, 4.69) is 45.9 Å². The maximum Gasteiger partial charge on any atom is 0.231 e. The average Bonchev–Trinajstić information content (AvgIpc) is 2.49. The first-order valence-corrected chi connectivity index (χ1v) is 8.17. The van der Waals surface area contributed by atoms with Crippen molar-refractivity contribution in [2.24, 2.45) is 5.92 Å². The van der Waals surface area contributed by atoms with Gasteiger partial charge in [-0.1, -0.05) is 19.3 Å². The molecular formula is C15H28N6. The fourth-order valence-electron chi connectivity index (χ4n) is 3.05. The molecule has 0 radical (unpaired) electrons. The highest BCUT2D eigenvalue weighted by Gasteiger charge is 2.21. The average molecular weight is 292 g/mol. The lowest BCUT2D eigenvalue weighted by molar-refractivity contribution is 0.327. The molecule has 1 saturated carbocycles. The summed E-state index contributed by atoms with van der Waals surface area (Å²) in [7, 11) is 0. The van der Waals surface area contributed by atoms with Crippen LogP contribution in [0, 0.1) is 5.92 Å². The molecule has 21 heavy (non-hydrogen) atoms. The zero-order chi connectivity index (χ0) is 15.2. The van der Waals surface area contributed by atoms with Gasteiger partial charge in [0.05, 0.1) is 0 Å². The molecule has 1 aliphatic rings. The van der Waals surface area contributed by atoms with Gasteiger partial charge >= 0.3 is 0 Å². The van der Waals surface area contributed by atoms with E-state index in [0.29, 0.717) is 23.9 Å². The molecule has 0 spiro atoms. The molecule has 0 aromatic carbocycles. The summed E-state index contributed by atoms with van der Waals surface area (Å²) >= 11 is 0. The van der Waals surface area contributed by atoms with Crippen molar-refractivity contribution in [2.45, 2.75) is 58.9 Å². The van der Waals surface area contributed by atoms with Crippen LogP contribution in [-0.4, -0.2) is 34.1 Å². The number of hydrogen-bond acceptors (Lipinski definition) is 6. The summed E-state index contributed by atoms with van der Waals surface area (Å²) in [6, 6.07) is 0.372. The molecule has 1 aromatic rings. The zero-order valence-electron chi connectivity index (χ0n) is 13.5. The Kier molecular flexibility index (Phi) is 5.59. The first-order chi connectivity index (χ1) is 10.1. The van der Waals surface area contributed by atoms with Crippen LogP contribution in [0.25, 0.3) is 0 Å². The Balaban J connectivity index is 2.08. The maximum absolute atomic E-state index is 5.83. The van der Waals surface area contributed by atoms with Gasteiger partial charge in [0, 0.05) is 19.1 Å². The molecule has 0 bridgehead atoms. The highest BCUT2D eigenvalue weighted by atomic mass is 15.3. The van der Waals surface area contributed by atoms with E-state index in [0.717, 1.165) is 13.1 Å². The first-order valence-electron chi connectivity index (χ1n) is 8.17. The van der Waals surface area contributed by atoms with Crippen molar-refractivity contribution < 1.29 is 0 Å². The van der Waals surface area contributed by atoms with Gasteiger partial charge in [-0.3, -0.25) is 0 Å². The molecule has 3 N–H and O–H groups in total. The van der Waals surface area contributed by atoms with E-state index in [-0.39, 0.29) is 5.95 Å². The fraction of sp³-hybridized carbons (Fsp3) is 0.800. The SMILES string of the molecule is CCN(CC)c1nc(N)nc(NC(C)C2CCCCC2)n1. The Morgan fingerprint density at radius 1 is 1.14 bits per heavy atom. The van der Waals surface area contributed by atoms with E-state index >= 15 is 0 Å². The summed E-state index contributed by atoms with van der Waals surface area (Å²) in [4.78, 5) is 15.1. The highest BCUT2D eigenvalue weighted by molar-refractivity contribution is 5.42. The number of nitrogens with zero attached hydrogens (tertiary/aromatic N) is 4. The molecule has 1 aromatic heterocycles. The van der Waals surface area contributed by atoms with Crippen molar-refractivity contribution in [3.63, 3.8) is 0 Å². The standard InChI is InChI=1S/C15H28N6/c1-4-21(5-2)15-19-13(16)18-14(20-15)17-11(3)12-9-7-6-8-10-12/h11-12H,4-10H2,1-3H3,(H3,16,17,18,19,20). The Labute approximate surface area is 127 Å². The minimum atomic E-state index is 0.283. The van der Waals surface area contributed by atoms with Crippen molar-refractivity contribution in [3.8, 4) is 0 Å². The van der Waals surface area contributed by atoms with Crippen molar-refractivity contribution in [1.82, 2.24) is 15.0 Å². The van der Waals surface area contributed by atoms with E-state index in [1.54, 1.807) is 0 Å². The van der Waals surface area contributed by atoms with Gasteiger partial charge in [-0.2, -0.15) is 15.0 Å². The molecule has 6 heteroatoms. The molecule has 0 aliphatic heterocycles. The largest absolute Gasteiger partial charge is 0.368 e. The second-order valence-corrected chi connectivity index (χ2v) is 5.82. The van der Waals surface area contributed by atoms with Gasteiger partial charge in [0.1, 0.15) is 0 Å². The molecular weight excluding hydrogens is 264 g/mol. The van der Waals surface area contributed by atoms with Crippen LogP contribution in [0.2, 0.25) is 0 Å². The molecule has 1 heterocycles. The Morgan fingerprint density at radius 2 is 1.81 bits per heavy atom. The quantitative estimate of drug-likeness (QED) is 0.839. The van der Waals surface area contributed by atoms with Gasteiger partial charge in [-0.05, 0) is 39.5 Å². The van der Waals surface area contributed by atoms with Gasteiger partial charge in [-0.15, -0.1) is 0 Å². The van der Waals surface area contributed by atoms with Crippen LogP contribution in [0.4, 0.5) is 17.8 Å². The number of anilines is 3. The second kappa shape index (κ2) is 7.43. The summed E-state index contributed by atoms with van der Waals surface area (Å²) in [6.45, 7) is 8.10.